The summed E-state index contributed by atoms with van der Waals surface area (Å²) in [5.74, 6) is -0.258. The van der Waals surface area contributed by atoms with Gasteiger partial charge in [0.25, 0.3) is 0 Å². The molecule has 1 aromatic rings. The van der Waals surface area contributed by atoms with E-state index in [1.165, 1.54) is 0 Å². The van der Waals surface area contributed by atoms with E-state index in [4.69, 9.17) is 11.1 Å². The zero-order valence-electron chi connectivity index (χ0n) is 6.57. The maximum Gasteiger partial charge on any atom is 0.232 e. The first-order chi connectivity index (χ1) is 5.79. The van der Waals surface area contributed by atoms with E-state index in [2.05, 4.69) is 10.2 Å². The molecule has 62 valence electrons. The van der Waals surface area contributed by atoms with Crippen LogP contribution in [-0.4, -0.2) is 5.96 Å². The predicted molar refractivity (Wildman–Crippen MR) is 46.9 cm³/mol. The molecule has 0 bridgehead atoms. The smallest absolute Gasteiger partial charge is 0.232 e. The first-order valence-electron chi connectivity index (χ1n) is 3.54. The van der Waals surface area contributed by atoms with E-state index in [0.29, 0.717) is 6.54 Å². The van der Waals surface area contributed by atoms with Crippen LogP contribution < -0.4 is 5.73 Å². The van der Waals surface area contributed by atoms with Crippen molar-refractivity contribution in [1.82, 2.24) is 0 Å². The molecule has 0 saturated heterocycles. The minimum atomic E-state index is -0.258. The Morgan fingerprint density at radius 3 is 2.58 bits per heavy atom. The van der Waals surface area contributed by atoms with Gasteiger partial charge in [0, 0.05) is 0 Å². The molecular weight excluding hydrogens is 152 g/mol. The fraction of sp³-hybridized carbons (Fsp3) is 0.125. The van der Waals surface area contributed by atoms with Crippen LogP contribution >= 0.6 is 0 Å². The summed E-state index contributed by atoms with van der Waals surface area (Å²) in [7, 11) is 0. The number of nitrogens with two attached hydrogens (primary N) is 1. The monoisotopic (exact) mass is 162 g/mol. The molecule has 0 aliphatic carbocycles. The lowest BCUT2D eigenvalue weighted by Crippen LogP contribution is -2.03. The minimum Gasteiger partial charge on any atom is -0.367 e. The van der Waals surface area contributed by atoms with Gasteiger partial charge in [-0.05, 0) is 5.56 Å². The molecule has 1 aromatic carbocycles. The zero-order chi connectivity index (χ0) is 8.81. The molecule has 0 fully saturated rings. The molecule has 1 rings (SSSR count). The summed E-state index contributed by atoms with van der Waals surface area (Å²) in [4.78, 5) is 0. The molecule has 3 N–H and O–H groups in total. The minimum absolute atomic E-state index is 0.258. The van der Waals surface area contributed by atoms with Crippen molar-refractivity contribution in [3.8, 4) is 0 Å². The Balaban J connectivity index is 2.49. The standard InChI is InChI=1S/C8H10N4/c9-8(10)12-11-6-7-4-2-1-3-5-7/h1-5H,6H2,(H3,9,10)/b12-11-. The molecule has 0 atom stereocenters. The number of guanidine groups is 1. The summed E-state index contributed by atoms with van der Waals surface area (Å²) in [6, 6.07) is 9.68. The van der Waals surface area contributed by atoms with Crippen molar-refractivity contribution in [2.75, 3.05) is 0 Å². The molecule has 4 nitrogen and oxygen atoms in total. The Labute approximate surface area is 70.6 Å². The summed E-state index contributed by atoms with van der Waals surface area (Å²) in [6.45, 7) is 0.473. The van der Waals surface area contributed by atoms with Crippen LogP contribution in [0.4, 0.5) is 0 Å². The fourth-order valence-electron chi connectivity index (χ4n) is 0.777. The molecule has 4 heteroatoms. The second kappa shape index (κ2) is 4.23. The van der Waals surface area contributed by atoms with Crippen molar-refractivity contribution in [2.45, 2.75) is 6.54 Å². The van der Waals surface area contributed by atoms with Crippen molar-refractivity contribution in [3.05, 3.63) is 35.9 Å². The molecule has 0 radical (unpaired) electrons. The highest BCUT2D eigenvalue weighted by atomic mass is 15.2. The van der Waals surface area contributed by atoms with Gasteiger partial charge in [0.05, 0.1) is 6.54 Å². The van der Waals surface area contributed by atoms with Gasteiger partial charge in [0.2, 0.25) is 5.96 Å². The SMILES string of the molecule is N=C(N)/N=N\Cc1ccccc1. The van der Waals surface area contributed by atoms with Crippen molar-refractivity contribution in [1.29, 1.82) is 5.41 Å². The molecule has 0 aromatic heterocycles. The third-order valence-corrected chi connectivity index (χ3v) is 1.27. The van der Waals surface area contributed by atoms with Crippen molar-refractivity contribution < 1.29 is 0 Å². The third-order valence-electron chi connectivity index (χ3n) is 1.27. The number of hydrogen-bond acceptors (Lipinski definition) is 2. The zero-order valence-corrected chi connectivity index (χ0v) is 6.57. The highest BCUT2D eigenvalue weighted by molar-refractivity contribution is 5.74. The number of nitrogens with zero attached hydrogens (tertiary/aromatic N) is 2. The molecule has 0 unspecified atom stereocenters. The molecule has 0 amide bonds. The fourth-order valence-corrected chi connectivity index (χ4v) is 0.777. The topological polar surface area (TPSA) is 74.6 Å². The highest BCUT2D eigenvalue weighted by Gasteiger charge is 1.86. The maximum absolute atomic E-state index is 6.78. The first-order valence-corrected chi connectivity index (χ1v) is 3.54. The summed E-state index contributed by atoms with van der Waals surface area (Å²) >= 11 is 0. The summed E-state index contributed by atoms with van der Waals surface area (Å²) in [5, 5.41) is 13.9. The Morgan fingerprint density at radius 1 is 1.33 bits per heavy atom. The average molecular weight is 162 g/mol. The van der Waals surface area contributed by atoms with Gasteiger partial charge >= 0.3 is 0 Å². The molecule has 0 aliphatic heterocycles. The third kappa shape index (κ3) is 2.92. The second-order valence-electron chi connectivity index (χ2n) is 2.27. The van der Waals surface area contributed by atoms with E-state index < -0.39 is 0 Å². The number of hydrogen-bond donors (Lipinski definition) is 2. The summed E-state index contributed by atoms with van der Waals surface area (Å²) < 4.78 is 0. The van der Waals surface area contributed by atoms with E-state index in [1.807, 2.05) is 30.3 Å². The van der Waals surface area contributed by atoms with Gasteiger partial charge < -0.3 is 5.73 Å². The van der Waals surface area contributed by atoms with E-state index in [0.717, 1.165) is 5.56 Å². The van der Waals surface area contributed by atoms with Crippen LogP contribution in [0.15, 0.2) is 40.6 Å². The van der Waals surface area contributed by atoms with Crippen LogP contribution in [0.25, 0.3) is 0 Å². The normalized spacial score (nSPS) is 10.3. The lowest BCUT2D eigenvalue weighted by atomic mass is 10.2. The van der Waals surface area contributed by atoms with Gasteiger partial charge in [-0.1, -0.05) is 30.3 Å². The lowest BCUT2D eigenvalue weighted by Gasteiger charge is -1.92. The average Bonchev–Trinajstić information content (AvgIpc) is 2.05. The van der Waals surface area contributed by atoms with Crippen molar-refractivity contribution in [3.63, 3.8) is 0 Å². The molecule has 0 aliphatic rings. The second-order valence-corrected chi connectivity index (χ2v) is 2.27. The predicted octanol–water partition coefficient (Wildman–Crippen LogP) is 1.53. The van der Waals surface area contributed by atoms with Gasteiger partial charge in [-0.25, -0.2) is 0 Å². The molecule has 0 saturated carbocycles. The highest BCUT2D eigenvalue weighted by Crippen LogP contribution is 1.99. The van der Waals surface area contributed by atoms with E-state index in [-0.39, 0.29) is 5.96 Å². The summed E-state index contributed by atoms with van der Waals surface area (Å²) in [6.07, 6.45) is 0. The van der Waals surface area contributed by atoms with Crippen LogP contribution in [0.5, 0.6) is 0 Å². The molecule has 0 spiro atoms. The lowest BCUT2D eigenvalue weighted by molar-refractivity contribution is 0.964. The van der Waals surface area contributed by atoms with Gasteiger partial charge in [-0.2, -0.15) is 5.11 Å². The number of rotatable bonds is 2. The van der Waals surface area contributed by atoms with Crippen LogP contribution in [0.2, 0.25) is 0 Å². The van der Waals surface area contributed by atoms with Crippen molar-refractivity contribution in [2.24, 2.45) is 16.0 Å². The van der Waals surface area contributed by atoms with Crippen LogP contribution in [0.3, 0.4) is 0 Å². The van der Waals surface area contributed by atoms with Crippen LogP contribution in [0, 0.1) is 5.41 Å². The van der Waals surface area contributed by atoms with Gasteiger partial charge in [-0.15, -0.1) is 5.11 Å². The van der Waals surface area contributed by atoms with Gasteiger partial charge in [0.1, 0.15) is 0 Å². The summed E-state index contributed by atoms with van der Waals surface area (Å²) in [5.41, 5.74) is 6.04. The quantitative estimate of drug-likeness (QED) is 0.386. The van der Waals surface area contributed by atoms with Crippen LogP contribution in [0.1, 0.15) is 5.56 Å². The van der Waals surface area contributed by atoms with E-state index >= 15 is 0 Å². The number of nitrogens with one attached hydrogen (secondary N) is 1. The number of azo groups is 1. The van der Waals surface area contributed by atoms with E-state index in [1.54, 1.807) is 0 Å². The Bertz CT molecular complexity index is 278. The first kappa shape index (κ1) is 8.39. The van der Waals surface area contributed by atoms with Gasteiger partial charge in [-0.3, -0.25) is 5.41 Å². The Hall–Kier alpha value is -1.71. The molecular formula is C8H10N4. The number of benzene rings is 1. The largest absolute Gasteiger partial charge is 0.367 e. The van der Waals surface area contributed by atoms with Crippen molar-refractivity contribution >= 4 is 5.96 Å². The Kier molecular flexibility index (Phi) is 2.95. The van der Waals surface area contributed by atoms with Gasteiger partial charge in [0.15, 0.2) is 0 Å². The Morgan fingerprint density at radius 2 is 2.00 bits per heavy atom. The molecule has 12 heavy (non-hydrogen) atoms. The maximum atomic E-state index is 6.78. The van der Waals surface area contributed by atoms with Crippen LogP contribution in [-0.2, 0) is 6.54 Å². The molecule has 0 heterocycles. The van der Waals surface area contributed by atoms with E-state index in [9.17, 15) is 0 Å².